The average Bonchev–Trinajstić information content (AvgIpc) is 2.97. The van der Waals surface area contributed by atoms with Gasteiger partial charge in [-0.15, -0.1) is 0 Å². The first-order valence-electron chi connectivity index (χ1n) is 8.62. The van der Waals surface area contributed by atoms with Crippen LogP contribution in [0.15, 0.2) is 48.7 Å². The van der Waals surface area contributed by atoms with Gasteiger partial charge in [-0.3, -0.25) is 0 Å². The third-order valence-electron chi connectivity index (χ3n) is 4.97. The number of hydrogen-bond acceptors (Lipinski definition) is 1. The minimum Gasteiger partial charge on any atom is -0.414 e. The van der Waals surface area contributed by atoms with E-state index < -0.39 is 8.32 Å². The summed E-state index contributed by atoms with van der Waals surface area (Å²) < 4.78 is 6.73. The molecule has 0 radical (unpaired) electrons. The van der Waals surface area contributed by atoms with E-state index in [-0.39, 0.29) is 11.1 Å². The molecule has 0 fully saturated rings. The Hall–Kier alpha value is -1.32. The molecule has 2 aromatic rings. The predicted octanol–water partition coefficient (Wildman–Crippen LogP) is 5.58. The summed E-state index contributed by atoms with van der Waals surface area (Å²) >= 11 is 0. The maximum Gasteiger partial charge on any atom is 0.192 e. The summed E-state index contributed by atoms with van der Waals surface area (Å²) in [7, 11) is -1.75. The maximum atomic E-state index is 6.73. The van der Waals surface area contributed by atoms with Crippen LogP contribution < -0.4 is 0 Å². The third kappa shape index (κ3) is 5.36. The van der Waals surface area contributed by atoms with Crippen molar-refractivity contribution in [1.29, 1.82) is 0 Å². The van der Waals surface area contributed by atoms with Crippen LogP contribution in [0.1, 0.15) is 38.4 Å². The fourth-order valence-electron chi connectivity index (χ4n) is 2.51. The van der Waals surface area contributed by atoms with E-state index in [0.29, 0.717) is 0 Å². The molecule has 0 aliphatic heterocycles. The Morgan fingerprint density at radius 1 is 1.04 bits per heavy atom. The normalized spacial score (nSPS) is 14.0. The molecule has 1 atom stereocenters. The second-order valence-corrected chi connectivity index (χ2v) is 12.7. The number of hydrogen-bond donors (Lipinski definition) is 1. The number of aromatic amines is 1. The van der Waals surface area contributed by atoms with E-state index in [1.807, 2.05) is 6.20 Å². The zero-order valence-corrected chi connectivity index (χ0v) is 16.2. The summed E-state index contributed by atoms with van der Waals surface area (Å²) in [6.45, 7) is 11.6. The minimum absolute atomic E-state index is 0.244. The van der Waals surface area contributed by atoms with E-state index in [9.17, 15) is 0 Å². The van der Waals surface area contributed by atoms with Gasteiger partial charge < -0.3 is 9.41 Å². The van der Waals surface area contributed by atoms with E-state index in [0.717, 1.165) is 19.3 Å². The van der Waals surface area contributed by atoms with Crippen LogP contribution in [0.3, 0.4) is 0 Å². The van der Waals surface area contributed by atoms with Crippen LogP contribution in [0, 0.1) is 0 Å². The van der Waals surface area contributed by atoms with Gasteiger partial charge in [0.25, 0.3) is 0 Å². The van der Waals surface area contributed by atoms with Crippen LogP contribution in [0.4, 0.5) is 0 Å². The standard InChI is InChI=1S/C20H31NOSi/c1-20(2,3)23(4,5)22-19(14-13-18-12-9-15-21-18)16-17-10-7-6-8-11-17/h6-12,15,19,21H,13-14,16H2,1-5H3. The van der Waals surface area contributed by atoms with Crippen molar-refractivity contribution in [2.45, 2.75) is 64.3 Å². The molecule has 0 amide bonds. The quantitative estimate of drug-likeness (QED) is 0.659. The molecule has 1 unspecified atom stereocenters. The van der Waals surface area contributed by atoms with Crippen molar-refractivity contribution < 1.29 is 4.43 Å². The molecule has 0 aliphatic rings. The molecule has 126 valence electrons. The molecule has 2 nitrogen and oxygen atoms in total. The molecular weight excluding hydrogens is 298 g/mol. The van der Waals surface area contributed by atoms with Crippen LogP contribution in [0.25, 0.3) is 0 Å². The van der Waals surface area contributed by atoms with E-state index in [1.165, 1.54) is 11.3 Å². The number of aryl methyl sites for hydroxylation is 1. The lowest BCUT2D eigenvalue weighted by atomic mass is 10.0. The highest BCUT2D eigenvalue weighted by Crippen LogP contribution is 2.38. The topological polar surface area (TPSA) is 25.0 Å². The van der Waals surface area contributed by atoms with Gasteiger partial charge in [-0.25, -0.2) is 0 Å². The second-order valence-electron chi connectivity index (χ2n) is 7.92. The van der Waals surface area contributed by atoms with Gasteiger partial charge in [0.2, 0.25) is 0 Å². The molecule has 2 rings (SSSR count). The molecule has 0 bridgehead atoms. The van der Waals surface area contributed by atoms with Gasteiger partial charge >= 0.3 is 0 Å². The van der Waals surface area contributed by atoms with E-state index in [4.69, 9.17) is 4.43 Å². The Morgan fingerprint density at radius 2 is 1.74 bits per heavy atom. The first-order valence-corrected chi connectivity index (χ1v) is 11.5. The van der Waals surface area contributed by atoms with E-state index >= 15 is 0 Å². The molecule has 0 aliphatic carbocycles. The first-order chi connectivity index (χ1) is 10.8. The van der Waals surface area contributed by atoms with Crippen molar-refractivity contribution in [1.82, 2.24) is 4.98 Å². The van der Waals surface area contributed by atoms with Gasteiger partial charge in [0, 0.05) is 18.0 Å². The van der Waals surface area contributed by atoms with Crippen LogP contribution in [-0.4, -0.2) is 19.4 Å². The number of benzene rings is 1. The summed E-state index contributed by atoms with van der Waals surface area (Å²) in [6.07, 6.45) is 5.37. The zero-order chi connectivity index (χ0) is 16.9. The molecular formula is C20H31NOSi. The number of aromatic nitrogens is 1. The van der Waals surface area contributed by atoms with Crippen molar-refractivity contribution in [3.63, 3.8) is 0 Å². The Labute approximate surface area is 142 Å². The summed E-state index contributed by atoms with van der Waals surface area (Å²) in [6, 6.07) is 14.9. The van der Waals surface area contributed by atoms with Crippen molar-refractivity contribution in [2.75, 3.05) is 0 Å². The molecule has 1 aromatic carbocycles. The van der Waals surface area contributed by atoms with Crippen molar-refractivity contribution in [3.8, 4) is 0 Å². The lowest BCUT2D eigenvalue weighted by Crippen LogP contribution is -2.44. The van der Waals surface area contributed by atoms with Gasteiger partial charge in [-0.05, 0) is 55.1 Å². The molecule has 0 spiro atoms. The molecule has 0 saturated heterocycles. The molecule has 0 saturated carbocycles. The fourth-order valence-corrected chi connectivity index (χ4v) is 3.90. The minimum atomic E-state index is -1.75. The van der Waals surface area contributed by atoms with Crippen molar-refractivity contribution in [2.24, 2.45) is 0 Å². The van der Waals surface area contributed by atoms with Crippen LogP contribution in [0.5, 0.6) is 0 Å². The SMILES string of the molecule is CC(C)(C)[Si](C)(C)OC(CCc1ccc[nH]1)Cc1ccccc1. The average molecular weight is 330 g/mol. The maximum absolute atomic E-state index is 6.73. The first kappa shape index (κ1) is 18.0. The Bertz CT molecular complexity index is 569. The number of rotatable bonds is 7. The molecule has 1 heterocycles. The Kier molecular flexibility index (Phi) is 5.87. The summed E-state index contributed by atoms with van der Waals surface area (Å²) in [4.78, 5) is 3.31. The number of nitrogens with one attached hydrogen (secondary N) is 1. The predicted molar refractivity (Wildman–Crippen MR) is 101 cm³/mol. The monoisotopic (exact) mass is 329 g/mol. The van der Waals surface area contributed by atoms with E-state index in [1.54, 1.807) is 0 Å². The molecule has 1 N–H and O–H groups in total. The highest BCUT2D eigenvalue weighted by molar-refractivity contribution is 6.74. The smallest absolute Gasteiger partial charge is 0.192 e. The van der Waals surface area contributed by atoms with Crippen LogP contribution in [0.2, 0.25) is 18.1 Å². The Balaban J connectivity index is 2.07. The summed E-state index contributed by atoms with van der Waals surface area (Å²) in [5, 5.41) is 0.244. The van der Waals surface area contributed by atoms with Gasteiger partial charge in [0.15, 0.2) is 8.32 Å². The lowest BCUT2D eigenvalue weighted by Gasteiger charge is -2.39. The van der Waals surface area contributed by atoms with E-state index in [2.05, 4.69) is 81.3 Å². The van der Waals surface area contributed by atoms with Gasteiger partial charge in [0.05, 0.1) is 0 Å². The zero-order valence-electron chi connectivity index (χ0n) is 15.2. The van der Waals surface area contributed by atoms with Crippen molar-refractivity contribution >= 4 is 8.32 Å². The molecule has 3 heteroatoms. The third-order valence-corrected chi connectivity index (χ3v) is 9.51. The highest BCUT2D eigenvalue weighted by atomic mass is 28.4. The van der Waals surface area contributed by atoms with Crippen LogP contribution >= 0.6 is 0 Å². The Morgan fingerprint density at radius 3 is 2.30 bits per heavy atom. The second kappa shape index (κ2) is 7.50. The highest BCUT2D eigenvalue weighted by Gasteiger charge is 2.39. The molecule has 23 heavy (non-hydrogen) atoms. The largest absolute Gasteiger partial charge is 0.414 e. The fraction of sp³-hybridized carbons (Fsp3) is 0.500. The number of H-pyrrole nitrogens is 1. The summed E-state index contributed by atoms with van der Waals surface area (Å²) in [5.74, 6) is 0. The molecule has 1 aromatic heterocycles. The van der Waals surface area contributed by atoms with Crippen molar-refractivity contribution in [3.05, 3.63) is 59.9 Å². The van der Waals surface area contributed by atoms with Gasteiger partial charge in [0.1, 0.15) is 0 Å². The summed E-state index contributed by atoms with van der Waals surface area (Å²) in [5.41, 5.74) is 2.66. The van der Waals surface area contributed by atoms with Gasteiger partial charge in [-0.2, -0.15) is 0 Å². The van der Waals surface area contributed by atoms with Crippen LogP contribution in [-0.2, 0) is 17.3 Å². The van der Waals surface area contributed by atoms with Gasteiger partial charge in [-0.1, -0.05) is 51.1 Å². The lowest BCUT2D eigenvalue weighted by molar-refractivity contribution is 0.171.